The van der Waals surface area contributed by atoms with Gasteiger partial charge in [-0.3, -0.25) is 0 Å². The Morgan fingerprint density at radius 1 is 1.25 bits per heavy atom. The monoisotopic (exact) mass is 219 g/mol. The number of nitrogens with two attached hydrogens (primary N) is 1. The number of anilines is 1. The summed E-state index contributed by atoms with van der Waals surface area (Å²) < 4.78 is 6.10. The number of nitrogen functional groups attached to an aromatic ring is 1. The maximum absolute atomic E-state index is 6.10. The highest BCUT2D eigenvalue weighted by Crippen LogP contribution is 2.32. The van der Waals surface area contributed by atoms with Crippen molar-refractivity contribution < 1.29 is 4.74 Å². The van der Waals surface area contributed by atoms with Gasteiger partial charge in [0.05, 0.1) is 5.69 Å². The van der Waals surface area contributed by atoms with Crippen molar-refractivity contribution in [2.75, 3.05) is 5.73 Å². The Morgan fingerprint density at radius 3 is 2.69 bits per heavy atom. The average molecular weight is 219 g/mol. The topological polar surface area (TPSA) is 35.2 Å². The van der Waals surface area contributed by atoms with Gasteiger partial charge in [-0.05, 0) is 43.7 Å². The number of para-hydroxylation sites is 1. The molecule has 1 aromatic rings. The molecule has 88 valence electrons. The standard InChI is InChI=1S/C14H21NO/c1-10-6-3-4-9-13(10)16-14-11(2)7-5-8-12(14)15/h5,7-8,10,13H,3-4,6,9,15H2,1-2H3. The number of hydrogen-bond acceptors (Lipinski definition) is 2. The molecule has 1 aromatic carbocycles. The quantitative estimate of drug-likeness (QED) is 0.772. The highest BCUT2D eigenvalue weighted by atomic mass is 16.5. The molecule has 2 atom stereocenters. The van der Waals surface area contributed by atoms with Crippen LogP contribution in [-0.4, -0.2) is 6.10 Å². The molecule has 0 spiro atoms. The summed E-state index contributed by atoms with van der Waals surface area (Å²) in [6, 6.07) is 5.94. The second-order valence-electron chi connectivity index (χ2n) is 4.91. The normalized spacial score (nSPS) is 25.4. The summed E-state index contributed by atoms with van der Waals surface area (Å²) in [6.07, 6.45) is 5.40. The molecule has 2 heteroatoms. The first-order chi connectivity index (χ1) is 7.68. The highest BCUT2D eigenvalue weighted by molar-refractivity contribution is 5.56. The Bertz CT molecular complexity index is 342. The second kappa shape index (κ2) is 4.77. The van der Waals surface area contributed by atoms with Gasteiger partial charge >= 0.3 is 0 Å². The summed E-state index contributed by atoms with van der Waals surface area (Å²) in [7, 11) is 0. The molecule has 0 heterocycles. The van der Waals surface area contributed by atoms with E-state index in [0.29, 0.717) is 12.0 Å². The minimum atomic E-state index is 0.345. The second-order valence-corrected chi connectivity index (χ2v) is 4.91. The van der Waals surface area contributed by atoms with Crippen molar-refractivity contribution in [3.8, 4) is 5.75 Å². The lowest BCUT2D eigenvalue weighted by molar-refractivity contribution is 0.103. The Labute approximate surface area is 97.8 Å². The molecule has 2 nitrogen and oxygen atoms in total. The SMILES string of the molecule is Cc1cccc(N)c1OC1CCCCC1C. The van der Waals surface area contributed by atoms with Crippen LogP contribution in [0, 0.1) is 12.8 Å². The zero-order valence-corrected chi connectivity index (χ0v) is 10.2. The molecule has 1 saturated carbocycles. The van der Waals surface area contributed by atoms with Gasteiger partial charge in [0, 0.05) is 0 Å². The van der Waals surface area contributed by atoms with Crippen molar-refractivity contribution in [3.05, 3.63) is 23.8 Å². The first kappa shape index (κ1) is 11.3. The molecule has 0 amide bonds. The molecule has 16 heavy (non-hydrogen) atoms. The molecule has 2 N–H and O–H groups in total. The van der Waals surface area contributed by atoms with Gasteiger partial charge in [0.1, 0.15) is 11.9 Å². The van der Waals surface area contributed by atoms with E-state index in [4.69, 9.17) is 10.5 Å². The first-order valence-corrected chi connectivity index (χ1v) is 6.20. The fourth-order valence-electron chi connectivity index (χ4n) is 2.44. The van der Waals surface area contributed by atoms with Crippen LogP contribution >= 0.6 is 0 Å². The molecular weight excluding hydrogens is 198 g/mol. The van der Waals surface area contributed by atoms with Crippen LogP contribution in [0.25, 0.3) is 0 Å². The van der Waals surface area contributed by atoms with E-state index >= 15 is 0 Å². The van der Waals surface area contributed by atoms with Crippen molar-refractivity contribution in [2.24, 2.45) is 5.92 Å². The van der Waals surface area contributed by atoms with E-state index in [1.807, 2.05) is 12.1 Å². The summed E-state index contributed by atoms with van der Waals surface area (Å²) in [5.41, 5.74) is 7.86. The Morgan fingerprint density at radius 2 is 2.00 bits per heavy atom. The lowest BCUT2D eigenvalue weighted by Gasteiger charge is -2.30. The van der Waals surface area contributed by atoms with Crippen LogP contribution in [0.2, 0.25) is 0 Å². The third kappa shape index (κ3) is 2.31. The molecule has 2 rings (SSSR count). The van der Waals surface area contributed by atoms with Gasteiger partial charge in [-0.2, -0.15) is 0 Å². The van der Waals surface area contributed by atoms with Crippen molar-refractivity contribution in [1.29, 1.82) is 0 Å². The van der Waals surface area contributed by atoms with Gasteiger partial charge < -0.3 is 10.5 Å². The lowest BCUT2D eigenvalue weighted by atomic mass is 9.88. The minimum absolute atomic E-state index is 0.345. The van der Waals surface area contributed by atoms with E-state index in [1.54, 1.807) is 0 Å². The Kier molecular flexibility index (Phi) is 3.37. The zero-order valence-electron chi connectivity index (χ0n) is 10.2. The summed E-state index contributed by atoms with van der Waals surface area (Å²) in [5, 5.41) is 0. The summed E-state index contributed by atoms with van der Waals surface area (Å²) in [5.74, 6) is 1.54. The molecule has 0 bridgehead atoms. The zero-order chi connectivity index (χ0) is 11.5. The van der Waals surface area contributed by atoms with Gasteiger partial charge in [0.25, 0.3) is 0 Å². The van der Waals surface area contributed by atoms with Crippen molar-refractivity contribution >= 4 is 5.69 Å². The van der Waals surface area contributed by atoms with Gasteiger partial charge in [-0.25, -0.2) is 0 Å². The van der Waals surface area contributed by atoms with E-state index in [-0.39, 0.29) is 0 Å². The van der Waals surface area contributed by atoms with Gasteiger partial charge in [0.2, 0.25) is 0 Å². The van der Waals surface area contributed by atoms with E-state index in [0.717, 1.165) is 23.4 Å². The first-order valence-electron chi connectivity index (χ1n) is 6.20. The summed E-state index contributed by atoms with van der Waals surface area (Å²) in [6.45, 7) is 4.33. The number of hydrogen-bond donors (Lipinski definition) is 1. The molecular formula is C14H21NO. The van der Waals surface area contributed by atoms with E-state index in [1.165, 1.54) is 19.3 Å². The van der Waals surface area contributed by atoms with E-state index < -0.39 is 0 Å². The molecule has 1 fully saturated rings. The largest absolute Gasteiger partial charge is 0.488 e. The van der Waals surface area contributed by atoms with Crippen LogP contribution in [0.4, 0.5) is 5.69 Å². The van der Waals surface area contributed by atoms with Gasteiger partial charge in [0.15, 0.2) is 0 Å². The van der Waals surface area contributed by atoms with Crippen LogP contribution in [0.5, 0.6) is 5.75 Å². The van der Waals surface area contributed by atoms with Crippen molar-refractivity contribution in [2.45, 2.75) is 45.6 Å². The molecule has 0 aromatic heterocycles. The minimum Gasteiger partial charge on any atom is -0.488 e. The molecule has 0 aliphatic heterocycles. The number of rotatable bonds is 2. The third-order valence-electron chi connectivity index (χ3n) is 3.54. The highest BCUT2D eigenvalue weighted by Gasteiger charge is 2.23. The Balaban J connectivity index is 2.13. The molecule has 1 aliphatic rings. The average Bonchev–Trinajstić information content (AvgIpc) is 2.26. The number of benzene rings is 1. The van der Waals surface area contributed by atoms with Crippen molar-refractivity contribution in [1.82, 2.24) is 0 Å². The van der Waals surface area contributed by atoms with E-state index in [2.05, 4.69) is 19.9 Å². The predicted molar refractivity (Wildman–Crippen MR) is 67.6 cm³/mol. The predicted octanol–water partition coefficient (Wildman–Crippen LogP) is 3.53. The van der Waals surface area contributed by atoms with Crippen molar-refractivity contribution in [3.63, 3.8) is 0 Å². The summed E-state index contributed by atoms with van der Waals surface area (Å²) in [4.78, 5) is 0. The molecule has 0 radical (unpaired) electrons. The lowest BCUT2D eigenvalue weighted by Crippen LogP contribution is -2.28. The van der Waals surface area contributed by atoms with E-state index in [9.17, 15) is 0 Å². The van der Waals surface area contributed by atoms with Crippen LogP contribution in [0.3, 0.4) is 0 Å². The number of aryl methyl sites for hydroxylation is 1. The molecule has 2 unspecified atom stereocenters. The van der Waals surface area contributed by atoms with Crippen LogP contribution in [0.1, 0.15) is 38.2 Å². The Hall–Kier alpha value is -1.18. The smallest absolute Gasteiger partial charge is 0.145 e. The summed E-state index contributed by atoms with van der Waals surface area (Å²) >= 11 is 0. The fourth-order valence-corrected chi connectivity index (χ4v) is 2.44. The van der Waals surface area contributed by atoms with Gasteiger partial charge in [-0.15, -0.1) is 0 Å². The molecule has 0 saturated heterocycles. The maximum atomic E-state index is 6.10. The van der Waals surface area contributed by atoms with Crippen LogP contribution in [0.15, 0.2) is 18.2 Å². The van der Waals surface area contributed by atoms with Crippen LogP contribution < -0.4 is 10.5 Å². The number of ether oxygens (including phenoxy) is 1. The molecule has 1 aliphatic carbocycles. The van der Waals surface area contributed by atoms with Gasteiger partial charge in [-0.1, -0.05) is 25.5 Å². The maximum Gasteiger partial charge on any atom is 0.145 e. The fraction of sp³-hybridized carbons (Fsp3) is 0.571. The third-order valence-corrected chi connectivity index (χ3v) is 3.54. The van der Waals surface area contributed by atoms with Crippen LogP contribution in [-0.2, 0) is 0 Å².